The fourth-order valence-electron chi connectivity index (χ4n) is 2.31. The second-order valence-electron chi connectivity index (χ2n) is 4.73. The van der Waals surface area contributed by atoms with Crippen LogP contribution < -0.4 is 5.32 Å². The summed E-state index contributed by atoms with van der Waals surface area (Å²) >= 11 is 5.89. The summed E-state index contributed by atoms with van der Waals surface area (Å²) < 4.78 is 4.92. The Morgan fingerprint density at radius 1 is 1.39 bits per heavy atom. The second kappa shape index (κ2) is 5.72. The predicted molar refractivity (Wildman–Crippen MR) is 71.6 cm³/mol. The van der Waals surface area contributed by atoms with E-state index in [1.807, 2.05) is 24.3 Å². The lowest BCUT2D eigenvalue weighted by atomic mass is 9.71. The van der Waals surface area contributed by atoms with Crippen LogP contribution in [0.15, 0.2) is 24.3 Å². The van der Waals surface area contributed by atoms with E-state index < -0.39 is 0 Å². The molecule has 18 heavy (non-hydrogen) atoms. The summed E-state index contributed by atoms with van der Waals surface area (Å²) in [6.45, 7) is 0.461. The van der Waals surface area contributed by atoms with Gasteiger partial charge in [-0.05, 0) is 37.0 Å². The summed E-state index contributed by atoms with van der Waals surface area (Å²) in [7, 11) is 1.60. The number of hydrogen-bond acceptors (Lipinski definition) is 2. The first-order chi connectivity index (χ1) is 8.66. The molecule has 4 heteroatoms. The van der Waals surface area contributed by atoms with Gasteiger partial charge in [0, 0.05) is 18.6 Å². The number of carbonyl (C=O) groups is 1. The molecule has 1 saturated carbocycles. The molecule has 0 unspecified atom stereocenters. The van der Waals surface area contributed by atoms with Crippen molar-refractivity contribution in [1.82, 2.24) is 5.32 Å². The van der Waals surface area contributed by atoms with E-state index in [1.54, 1.807) is 7.11 Å². The van der Waals surface area contributed by atoms with Crippen LogP contribution in [0.5, 0.6) is 0 Å². The zero-order valence-electron chi connectivity index (χ0n) is 10.5. The van der Waals surface area contributed by atoms with Gasteiger partial charge in [0.2, 0.25) is 5.91 Å². The van der Waals surface area contributed by atoms with Gasteiger partial charge in [-0.1, -0.05) is 23.7 Å². The first kappa shape index (κ1) is 13.4. The number of carbonyl (C=O) groups excluding carboxylic acids is 1. The Morgan fingerprint density at radius 3 is 2.56 bits per heavy atom. The molecule has 0 bridgehead atoms. The Hall–Kier alpha value is -1.06. The fraction of sp³-hybridized carbons (Fsp3) is 0.500. The smallest absolute Gasteiger partial charge is 0.223 e. The lowest BCUT2D eigenvalue weighted by molar-refractivity contribution is -0.125. The van der Waals surface area contributed by atoms with Gasteiger partial charge in [0.25, 0.3) is 0 Å². The molecule has 0 spiro atoms. The quantitative estimate of drug-likeness (QED) is 0.891. The first-order valence-corrected chi connectivity index (χ1v) is 6.60. The van der Waals surface area contributed by atoms with Crippen LogP contribution in [0.3, 0.4) is 0 Å². The number of rotatable bonds is 5. The highest BCUT2D eigenvalue weighted by molar-refractivity contribution is 6.30. The number of halogens is 1. The molecule has 0 radical (unpaired) electrons. The molecule has 1 aliphatic rings. The number of hydrogen-bond donors (Lipinski definition) is 1. The largest absolute Gasteiger partial charge is 0.384 e. The first-order valence-electron chi connectivity index (χ1n) is 6.22. The van der Waals surface area contributed by atoms with Crippen LogP contribution in [0.4, 0.5) is 0 Å². The van der Waals surface area contributed by atoms with Crippen molar-refractivity contribution in [2.45, 2.75) is 31.2 Å². The maximum atomic E-state index is 11.8. The highest BCUT2D eigenvalue weighted by Crippen LogP contribution is 2.41. The van der Waals surface area contributed by atoms with Crippen LogP contribution >= 0.6 is 11.6 Å². The zero-order chi connectivity index (χ0) is 13.0. The molecule has 1 N–H and O–H groups in total. The maximum absolute atomic E-state index is 11.8. The van der Waals surface area contributed by atoms with Gasteiger partial charge in [0.1, 0.15) is 0 Å². The highest BCUT2D eigenvalue weighted by atomic mass is 35.5. The molecule has 2 rings (SSSR count). The topological polar surface area (TPSA) is 38.3 Å². The highest BCUT2D eigenvalue weighted by Gasteiger charge is 2.39. The molecule has 1 fully saturated rings. The summed E-state index contributed by atoms with van der Waals surface area (Å²) in [6.07, 6.45) is 3.54. The van der Waals surface area contributed by atoms with Crippen molar-refractivity contribution >= 4 is 17.5 Å². The van der Waals surface area contributed by atoms with E-state index in [4.69, 9.17) is 16.3 Å². The molecule has 0 aromatic heterocycles. The second-order valence-corrected chi connectivity index (χ2v) is 5.17. The van der Waals surface area contributed by atoms with Crippen LogP contribution in [0, 0.1) is 0 Å². The fourth-order valence-corrected chi connectivity index (χ4v) is 2.44. The summed E-state index contributed by atoms with van der Waals surface area (Å²) in [5.41, 5.74) is 0.957. The average Bonchev–Trinajstić information content (AvgIpc) is 2.32. The molecule has 0 saturated heterocycles. The Morgan fingerprint density at radius 2 is 2.06 bits per heavy atom. The van der Waals surface area contributed by atoms with Gasteiger partial charge in [-0.2, -0.15) is 0 Å². The molecule has 1 amide bonds. The van der Waals surface area contributed by atoms with Crippen molar-refractivity contribution < 1.29 is 9.53 Å². The molecule has 3 nitrogen and oxygen atoms in total. The van der Waals surface area contributed by atoms with Gasteiger partial charge >= 0.3 is 0 Å². The minimum Gasteiger partial charge on any atom is -0.384 e. The van der Waals surface area contributed by atoms with E-state index in [-0.39, 0.29) is 11.4 Å². The summed E-state index contributed by atoms with van der Waals surface area (Å²) in [5, 5.41) is 3.86. The third-order valence-corrected chi connectivity index (χ3v) is 3.77. The van der Waals surface area contributed by atoms with Crippen LogP contribution in [-0.2, 0) is 15.1 Å². The number of ether oxygens (including phenoxy) is 1. The lowest BCUT2D eigenvalue weighted by Crippen LogP contribution is -2.50. The van der Waals surface area contributed by atoms with Gasteiger partial charge in [-0.15, -0.1) is 0 Å². The Kier molecular flexibility index (Phi) is 4.25. The van der Waals surface area contributed by atoms with Gasteiger partial charge in [0.15, 0.2) is 0 Å². The van der Waals surface area contributed by atoms with E-state index >= 15 is 0 Å². The van der Waals surface area contributed by atoms with Crippen LogP contribution in [0.1, 0.15) is 31.2 Å². The molecule has 0 atom stereocenters. The summed E-state index contributed by atoms with van der Waals surface area (Å²) in [5.74, 6) is 0.0477. The van der Waals surface area contributed by atoms with Crippen molar-refractivity contribution in [2.75, 3.05) is 13.7 Å². The van der Waals surface area contributed by atoms with Crippen molar-refractivity contribution in [1.29, 1.82) is 0 Å². The summed E-state index contributed by atoms with van der Waals surface area (Å²) in [6, 6.07) is 7.74. The minimum atomic E-state index is -0.185. The minimum absolute atomic E-state index is 0.0477. The SMILES string of the molecule is COCCC(=O)NC1(c2ccc(Cl)cc2)CCC1. The number of methoxy groups -OCH3 is 1. The number of nitrogens with one attached hydrogen (secondary N) is 1. The van der Waals surface area contributed by atoms with E-state index in [9.17, 15) is 4.79 Å². The lowest BCUT2D eigenvalue weighted by Gasteiger charge is -2.43. The molecule has 0 aliphatic heterocycles. The maximum Gasteiger partial charge on any atom is 0.223 e. The van der Waals surface area contributed by atoms with Gasteiger partial charge in [-0.3, -0.25) is 4.79 Å². The van der Waals surface area contributed by atoms with Gasteiger partial charge < -0.3 is 10.1 Å². The monoisotopic (exact) mass is 267 g/mol. The predicted octanol–water partition coefficient (Wildman–Crippen LogP) is 2.87. The molecule has 1 aliphatic carbocycles. The van der Waals surface area contributed by atoms with Crippen molar-refractivity contribution in [3.8, 4) is 0 Å². The van der Waals surface area contributed by atoms with Gasteiger partial charge in [0.05, 0.1) is 12.1 Å². The standard InChI is InChI=1S/C14H18ClNO2/c1-18-10-7-13(17)16-14(8-2-9-14)11-3-5-12(15)6-4-11/h3-6H,2,7-10H2,1H3,(H,16,17). The van der Waals surface area contributed by atoms with E-state index in [2.05, 4.69) is 5.32 Å². The number of amides is 1. The van der Waals surface area contributed by atoms with E-state index in [0.717, 1.165) is 29.8 Å². The Bertz CT molecular complexity index is 412. The van der Waals surface area contributed by atoms with E-state index in [0.29, 0.717) is 13.0 Å². The van der Waals surface area contributed by atoms with Crippen molar-refractivity contribution in [3.63, 3.8) is 0 Å². The zero-order valence-corrected chi connectivity index (χ0v) is 11.3. The van der Waals surface area contributed by atoms with Crippen molar-refractivity contribution in [2.24, 2.45) is 0 Å². The molecular weight excluding hydrogens is 250 g/mol. The van der Waals surface area contributed by atoms with Crippen molar-refractivity contribution in [3.05, 3.63) is 34.9 Å². The normalized spacial score (nSPS) is 17.0. The average molecular weight is 268 g/mol. The third-order valence-electron chi connectivity index (χ3n) is 3.52. The van der Waals surface area contributed by atoms with Crippen LogP contribution in [-0.4, -0.2) is 19.6 Å². The molecule has 0 heterocycles. The molecular formula is C14H18ClNO2. The Labute approximate surface area is 112 Å². The van der Waals surface area contributed by atoms with E-state index in [1.165, 1.54) is 0 Å². The van der Waals surface area contributed by atoms with Gasteiger partial charge in [-0.25, -0.2) is 0 Å². The van der Waals surface area contributed by atoms with Crippen LogP contribution in [0.2, 0.25) is 5.02 Å². The Balaban J connectivity index is 2.06. The third kappa shape index (κ3) is 2.85. The number of benzene rings is 1. The molecule has 1 aromatic rings. The summed E-state index contributed by atoms with van der Waals surface area (Å²) in [4.78, 5) is 11.8. The van der Waals surface area contributed by atoms with Crippen LogP contribution in [0.25, 0.3) is 0 Å². The molecule has 98 valence electrons. The molecule has 1 aromatic carbocycles.